The topological polar surface area (TPSA) is 72.2 Å². The number of nitrogens with one attached hydrogen (secondary N) is 1. The third-order valence-electron chi connectivity index (χ3n) is 2.12. The average Bonchev–Trinajstić information content (AvgIpc) is 2.27. The molecule has 18 heavy (non-hydrogen) atoms. The van der Waals surface area contributed by atoms with Gasteiger partial charge in [0.05, 0.1) is 10.5 Å². The highest BCUT2D eigenvalue weighted by Gasteiger charge is 2.33. The Bertz CT molecular complexity index is 486. The quantitative estimate of drug-likeness (QED) is 0.672. The summed E-state index contributed by atoms with van der Waals surface area (Å²) in [5.74, 6) is -0.516. The van der Waals surface area contributed by atoms with Crippen LogP contribution in [0.3, 0.4) is 0 Å². The van der Waals surface area contributed by atoms with Crippen molar-refractivity contribution in [1.29, 1.82) is 0 Å². The number of alkyl halides is 3. The van der Waals surface area contributed by atoms with Crippen LogP contribution in [-0.2, 0) is 11.0 Å². The maximum Gasteiger partial charge on any atom is 0.416 e. The largest absolute Gasteiger partial charge is 0.416 e. The number of rotatable bonds is 3. The minimum Gasteiger partial charge on any atom is -0.320 e. The highest BCUT2D eigenvalue weighted by atomic mass is 19.4. The summed E-state index contributed by atoms with van der Waals surface area (Å²) in [7, 11) is 0. The Kier molecular flexibility index (Phi) is 3.89. The number of nitro groups is 1. The first kappa shape index (κ1) is 13.9. The van der Waals surface area contributed by atoms with Crippen molar-refractivity contribution in [2.45, 2.75) is 19.5 Å². The van der Waals surface area contributed by atoms with Crippen molar-refractivity contribution in [1.82, 2.24) is 0 Å². The number of nitro benzene ring substituents is 1. The fourth-order valence-electron chi connectivity index (χ4n) is 1.20. The first-order valence-corrected chi connectivity index (χ1v) is 4.91. The van der Waals surface area contributed by atoms with Gasteiger partial charge in [-0.25, -0.2) is 0 Å². The molecule has 1 aromatic carbocycles. The summed E-state index contributed by atoms with van der Waals surface area (Å²) in [5.41, 5.74) is -2.17. The predicted octanol–water partition coefficient (Wildman–Crippen LogP) is 2.96. The molecule has 0 bridgehead atoms. The molecule has 0 radical (unpaired) electrons. The molecule has 1 amide bonds. The second-order valence-corrected chi connectivity index (χ2v) is 3.39. The van der Waals surface area contributed by atoms with E-state index in [-0.39, 0.29) is 12.1 Å². The van der Waals surface area contributed by atoms with Crippen molar-refractivity contribution < 1.29 is 22.9 Å². The molecule has 0 atom stereocenters. The number of hydrogen-bond acceptors (Lipinski definition) is 3. The van der Waals surface area contributed by atoms with Crippen LogP contribution >= 0.6 is 0 Å². The van der Waals surface area contributed by atoms with Gasteiger partial charge in [0.1, 0.15) is 5.69 Å². The summed E-state index contributed by atoms with van der Waals surface area (Å²) in [6, 6.07) is 1.94. The van der Waals surface area contributed by atoms with Gasteiger partial charge in [0.2, 0.25) is 5.91 Å². The molecule has 0 saturated heterocycles. The molecule has 0 aliphatic rings. The molecule has 0 unspecified atom stereocenters. The fourth-order valence-corrected chi connectivity index (χ4v) is 1.20. The lowest BCUT2D eigenvalue weighted by Gasteiger charge is -2.09. The number of carbonyl (C=O) groups excluding carboxylic acids is 1. The minimum atomic E-state index is -4.67. The van der Waals surface area contributed by atoms with E-state index in [2.05, 4.69) is 5.32 Å². The first-order valence-electron chi connectivity index (χ1n) is 4.91. The normalized spacial score (nSPS) is 11.1. The molecule has 0 heterocycles. The zero-order chi connectivity index (χ0) is 13.9. The molecule has 1 N–H and O–H groups in total. The van der Waals surface area contributed by atoms with E-state index in [9.17, 15) is 28.1 Å². The second kappa shape index (κ2) is 5.03. The molecule has 8 heteroatoms. The smallest absolute Gasteiger partial charge is 0.320 e. The van der Waals surface area contributed by atoms with E-state index in [0.717, 1.165) is 6.07 Å². The molecule has 0 saturated carbocycles. The number of benzene rings is 1. The lowest BCUT2D eigenvalue weighted by Crippen LogP contribution is -2.12. The molecule has 0 aromatic heterocycles. The average molecular weight is 262 g/mol. The SMILES string of the molecule is CCC(=O)Nc1ccc(C(F)(F)F)cc1[N+](=O)[O-]. The van der Waals surface area contributed by atoms with E-state index in [4.69, 9.17) is 0 Å². The van der Waals surface area contributed by atoms with Crippen LogP contribution in [0.4, 0.5) is 24.5 Å². The summed E-state index contributed by atoms with van der Waals surface area (Å²) in [6.45, 7) is 1.52. The Labute approximate surface area is 99.8 Å². The van der Waals surface area contributed by atoms with Gasteiger partial charge in [-0.2, -0.15) is 13.2 Å². The summed E-state index contributed by atoms with van der Waals surface area (Å²) in [6.07, 6.45) is -4.60. The van der Waals surface area contributed by atoms with Gasteiger partial charge in [-0.1, -0.05) is 6.92 Å². The van der Waals surface area contributed by atoms with Crippen LogP contribution in [-0.4, -0.2) is 10.8 Å². The van der Waals surface area contributed by atoms with Crippen LogP contribution in [0.5, 0.6) is 0 Å². The highest BCUT2D eigenvalue weighted by molar-refractivity contribution is 5.92. The van der Waals surface area contributed by atoms with Crippen molar-refractivity contribution >= 4 is 17.3 Å². The summed E-state index contributed by atoms with van der Waals surface area (Å²) in [4.78, 5) is 20.8. The van der Waals surface area contributed by atoms with Gasteiger partial charge < -0.3 is 5.32 Å². The van der Waals surface area contributed by atoms with Gasteiger partial charge in [0.15, 0.2) is 0 Å². The molecule has 0 aliphatic carbocycles. The van der Waals surface area contributed by atoms with Crippen LogP contribution in [0.25, 0.3) is 0 Å². The monoisotopic (exact) mass is 262 g/mol. The van der Waals surface area contributed by atoms with E-state index in [1.165, 1.54) is 6.92 Å². The number of amides is 1. The molecule has 1 aromatic rings. The Morgan fingerprint density at radius 2 is 2.06 bits per heavy atom. The standard InChI is InChI=1S/C10H9F3N2O3/c1-2-9(16)14-7-4-3-6(10(11,12)13)5-8(7)15(17)18/h3-5H,2H2,1H3,(H,14,16). The van der Waals surface area contributed by atoms with Crippen molar-refractivity contribution in [3.63, 3.8) is 0 Å². The molecule has 98 valence electrons. The van der Waals surface area contributed by atoms with Gasteiger partial charge in [-0.15, -0.1) is 0 Å². The summed E-state index contributed by atoms with van der Waals surface area (Å²) >= 11 is 0. The Morgan fingerprint density at radius 3 is 2.50 bits per heavy atom. The summed E-state index contributed by atoms with van der Waals surface area (Å²) in [5, 5.41) is 12.8. The first-order chi connectivity index (χ1) is 8.25. The molecule has 0 aliphatic heterocycles. The number of halogens is 3. The van der Waals surface area contributed by atoms with Gasteiger partial charge in [-0.05, 0) is 12.1 Å². The number of carbonyl (C=O) groups is 1. The van der Waals surface area contributed by atoms with Crippen LogP contribution in [0, 0.1) is 10.1 Å². The molecular weight excluding hydrogens is 253 g/mol. The van der Waals surface area contributed by atoms with Crippen molar-refractivity contribution in [2.75, 3.05) is 5.32 Å². The zero-order valence-corrected chi connectivity index (χ0v) is 9.25. The van der Waals surface area contributed by atoms with Gasteiger partial charge in [0, 0.05) is 12.5 Å². The van der Waals surface area contributed by atoms with Gasteiger partial charge in [-0.3, -0.25) is 14.9 Å². The number of anilines is 1. The van der Waals surface area contributed by atoms with E-state index in [0.29, 0.717) is 12.1 Å². The zero-order valence-electron chi connectivity index (χ0n) is 9.25. The van der Waals surface area contributed by atoms with Crippen LogP contribution in [0.2, 0.25) is 0 Å². The molecular formula is C10H9F3N2O3. The van der Waals surface area contributed by atoms with Gasteiger partial charge >= 0.3 is 6.18 Å². The van der Waals surface area contributed by atoms with Crippen LogP contribution < -0.4 is 5.32 Å². The molecule has 1 rings (SSSR count). The maximum absolute atomic E-state index is 12.4. The Morgan fingerprint density at radius 1 is 1.44 bits per heavy atom. The van der Waals surface area contributed by atoms with E-state index in [1.807, 2.05) is 0 Å². The molecule has 0 fully saturated rings. The lowest BCUT2D eigenvalue weighted by atomic mass is 10.1. The van der Waals surface area contributed by atoms with E-state index < -0.39 is 28.3 Å². The van der Waals surface area contributed by atoms with Crippen molar-refractivity contribution in [2.24, 2.45) is 0 Å². The predicted molar refractivity (Wildman–Crippen MR) is 57.0 cm³/mol. The molecule has 5 nitrogen and oxygen atoms in total. The lowest BCUT2D eigenvalue weighted by molar-refractivity contribution is -0.384. The summed E-state index contributed by atoms with van der Waals surface area (Å²) < 4.78 is 37.1. The Hall–Kier alpha value is -2.12. The third kappa shape index (κ3) is 3.19. The minimum absolute atomic E-state index is 0.0676. The second-order valence-electron chi connectivity index (χ2n) is 3.39. The fraction of sp³-hybridized carbons (Fsp3) is 0.300. The highest BCUT2D eigenvalue weighted by Crippen LogP contribution is 2.34. The number of hydrogen-bond donors (Lipinski definition) is 1. The van der Waals surface area contributed by atoms with Crippen molar-refractivity contribution in [3.8, 4) is 0 Å². The molecule has 0 spiro atoms. The van der Waals surface area contributed by atoms with E-state index >= 15 is 0 Å². The van der Waals surface area contributed by atoms with E-state index in [1.54, 1.807) is 0 Å². The maximum atomic E-state index is 12.4. The van der Waals surface area contributed by atoms with Gasteiger partial charge in [0.25, 0.3) is 5.69 Å². The van der Waals surface area contributed by atoms with Crippen LogP contribution in [0.15, 0.2) is 18.2 Å². The number of nitrogens with zero attached hydrogens (tertiary/aromatic N) is 1. The van der Waals surface area contributed by atoms with Crippen LogP contribution in [0.1, 0.15) is 18.9 Å². The Balaban J connectivity index is 3.21. The van der Waals surface area contributed by atoms with Crippen molar-refractivity contribution in [3.05, 3.63) is 33.9 Å². The third-order valence-corrected chi connectivity index (χ3v) is 2.12.